The summed E-state index contributed by atoms with van der Waals surface area (Å²) in [5.74, 6) is 0.382. The molecule has 2 aromatic rings. The van der Waals surface area contributed by atoms with Gasteiger partial charge in [-0.3, -0.25) is 9.59 Å². The molecule has 2 heterocycles. The minimum absolute atomic E-state index is 0.0301. The van der Waals surface area contributed by atoms with E-state index in [0.29, 0.717) is 11.5 Å². The molecule has 4 heteroatoms. The fraction of sp³-hybridized carbons (Fsp3) is 0.400. The Labute approximate surface area is 142 Å². The second-order valence-electron chi connectivity index (χ2n) is 6.50. The van der Waals surface area contributed by atoms with Crippen molar-refractivity contribution in [2.24, 2.45) is 7.05 Å². The SMILES string of the molecule is CC[C@H](c1ccccc1)[C@@H]1CCCN1C(=O)c1ccc(=O)n(C)c1. The van der Waals surface area contributed by atoms with Crippen molar-refractivity contribution in [3.63, 3.8) is 0 Å². The van der Waals surface area contributed by atoms with Gasteiger partial charge in [0.15, 0.2) is 0 Å². The van der Waals surface area contributed by atoms with Crippen molar-refractivity contribution in [3.8, 4) is 0 Å². The first-order valence-corrected chi connectivity index (χ1v) is 8.64. The van der Waals surface area contributed by atoms with Crippen molar-refractivity contribution in [3.05, 3.63) is 70.1 Å². The minimum atomic E-state index is -0.0970. The van der Waals surface area contributed by atoms with Gasteiger partial charge in [-0.05, 0) is 30.9 Å². The number of aryl methyl sites for hydroxylation is 1. The molecule has 3 rings (SSSR count). The van der Waals surface area contributed by atoms with Crippen LogP contribution in [0.2, 0.25) is 0 Å². The number of rotatable bonds is 4. The Kier molecular flexibility index (Phi) is 4.84. The third-order valence-corrected chi connectivity index (χ3v) is 5.02. The number of aromatic nitrogens is 1. The van der Waals surface area contributed by atoms with E-state index in [2.05, 4.69) is 31.2 Å². The molecule has 1 saturated heterocycles. The first-order valence-electron chi connectivity index (χ1n) is 8.64. The molecular weight excluding hydrogens is 300 g/mol. The molecule has 1 aromatic carbocycles. The quantitative estimate of drug-likeness (QED) is 0.867. The van der Waals surface area contributed by atoms with Gasteiger partial charge in [0.25, 0.3) is 5.91 Å². The van der Waals surface area contributed by atoms with Gasteiger partial charge in [0.05, 0.1) is 5.56 Å². The number of hydrogen-bond donors (Lipinski definition) is 0. The molecule has 4 nitrogen and oxygen atoms in total. The fourth-order valence-corrected chi connectivity index (χ4v) is 3.78. The van der Waals surface area contributed by atoms with Crippen LogP contribution >= 0.6 is 0 Å². The first kappa shape index (κ1) is 16.5. The Morgan fingerprint density at radius 1 is 1.21 bits per heavy atom. The van der Waals surface area contributed by atoms with E-state index >= 15 is 0 Å². The van der Waals surface area contributed by atoms with Crippen LogP contribution in [0.4, 0.5) is 0 Å². The second-order valence-corrected chi connectivity index (χ2v) is 6.50. The molecule has 0 spiro atoms. The maximum Gasteiger partial charge on any atom is 0.255 e. The number of likely N-dealkylation sites (tertiary alicyclic amines) is 1. The Morgan fingerprint density at radius 2 is 1.96 bits per heavy atom. The summed E-state index contributed by atoms with van der Waals surface area (Å²) in [6.07, 6.45) is 4.71. The standard InChI is InChI=1S/C20H24N2O2/c1-3-17(15-8-5-4-6-9-15)18-10-7-13-22(18)20(24)16-11-12-19(23)21(2)14-16/h4-6,8-9,11-12,14,17-18H,3,7,10,13H2,1-2H3/t17-,18+/m1/s1. The number of hydrogen-bond acceptors (Lipinski definition) is 2. The summed E-state index contributed by atoms with van der Waals surface area (Å²) >= 11 is 0. The highest BCUT2D eigenvalue weighted by Crippen LogP contribution is 2.34. The van der Waals surface area contributed by atoms with Crippen LogP contribution in [0.15, 0.2) is 53.5 Å². The minimum Gasteiger partial charge on any atom is -0.335 e. The topological polar surface area (TPSA) is 42.3 Å². The zero-order valence-electron chi connectivity index (χ0n) is 14.3. The third kappa shape index (κ3) is 3.14. The zero-order valence-corrected chi connectivity index (χ0v) is 14.3. The molecule has 0 bridgehead atoms. The maximum absolute atomic E-state index is 13.0. The average molecular weight is 324 g/mol. The molecule has 0 radical (unpaired) electrons. The van der Waals surface area contributed by atoms with Crippen molar-refractivity contribution >= 4 is 5.91 Å². The largest absolute Gasteiger partial charge is 0.335 e. The van der Waals surface area contributed by atoms with Gasteiger partial charge in [-0.15, -0.1) is 0 Å². The van der Waals surface area contributed by atoms with E-state index in [1.165, 1.54) is 16.2 Å². The van der Waals surface area contributed by atoms with Crippen LogP contribution in [0, 0.1) is 0 Å². The number of nitrogens with zero attached hydrogens (tertiary/aromatic N) is 2. The van der Waals surface area contributed by atoms with E-state index in [4.69, 9.17) is 0 Å². The van der Waals surface area contributed by atoms with Crippen LogP contribution in [0.1, 0.15) is 48.0 Å². The van der Waals surface area contributed by atoms with Crippen LogP contribution in [-0.4, -0.2) is 28.0 Å². The third-order valence-electron chi connectivity index (χ3n) is 5.02. The van der Waals surface area contributed by atoms with Crippen LogP contribution in [0.25, 0.3) is 0 Å². The van der Waals surface area contributed by atoms with Crippen LogP contribution in [0.3, 0.4) is 0 Å². The van der Waals surface area contributed by atoms with Crippen molar-refractivity contribution in [2.75, 3.05) is 6.54 Å². The summed E-state index contributed by atoms with van der Waals surface area (Å²) in [6, 6.07) is 13.8. The fourth-order valence-electron chi connectivity index (χ4n) is 3.78. The Balaban J connectivity index is 1.88. The molecule has 0 N–H and O–H groups in total. The average Bonchev–Trinajstić information content (AvgIpc) is 3.08. The van der Waals surface area contributed by atoms with E-state index in [1.54, 1.807) is 19.3 Å². The molecule has 126 valence electrons. The van der Waals surface area contributed by atoms with Gasteiger partial charge in [0.2, 0.25) is 5.56 Å². The molecule has 0 unspecified atom stereocenters. The van der Waals surface area contributed by atoms with E-state index in [9.17, 15) is 9.59 Å². The monoisotopic (exact) mass is 324 g/mol. The molecule has 0 aliphatic carbocycles. The molecule has 1 aliphatic heterocycles. The molecule has 1 amide bonds. The maximum atomic E-state index is 13.0. The van der Waals surface area contributed by atoms with Gasteiger partial charge in [-0.2, -0.15) is 0 Å². The molecule has 24 heavy (non-hydrogen) atoms. The lowest BCUT2D eigenvalue weighted by molar-refractivity contribution is 0.0713. The Bertz CT molecular complexity index is 767. The number of pyridine rings is 1. The highest BCUT2D eigenvalue weighted by atomic mass is 16.2. The Morgan fingerprint density at radius 3 is 2.62 bits per heavy atom. The molecule has 1 aliphatic rings. The van der Waals surface area contributed by atoms with Gasteiger partial charge in [0, 0.05) is 37.8 Å². The van der Waals surface area contributed by atoms with Gasteiger partial charge in [-0.25, -0.2) is 0 Å². The zero-order chi connectivity index (χ0) is 17.1. The van der Waals surface area contributed by atoms with Gasteiger partial charge in [-0.1, -0.05) is 37.3 Å². The van der Waals surface area contributed by atoms with Gasteiger partial charge >= 0.3 is 0 Å². The van der Waals surface area contributed by atoms with Crippen molar-refractivity contribution in [1.29, 1.82) is 0 Å². The summed E-state index contributed by atoms with van der Waals surface area (Å²) in [5.41, 5.74) is 1.79. The van der Waals surface area contributed by atoms with Crippen molar-refractivity contribution < 1.29 is 4.79 Å². The molecule has 1 fully saturated rings. The lowest BCUT2D eigenvalue weighted by Gasteiger charge is -2.31. The van der Waals surface area contributed by atoms with Crippen molar-refractivity contribution in [2.45, 2.75) is 38.1 Å². The molecular formula is C20H24N2O2. The molecule has 0 saturated carbocycles. The van der Waals surface area contributed by atoms with E-state index < -0.39 is 0 Å². The summed E-state index contributed by atoms with van der Waals surface area (Å²) in [4.78, 5) is 26.5. The summed E-state index contributed by atoms with van der Waals surface area (Å²) in [5, 5.41) is 0. The van der Waals surface area contributed by atoms with Gasteiger partial charge in [0.1, 0.15) is 0 Å². The Hall–Kier alpha value is -2.36. The van der Waals surface area contributed by atoms with E-state index in [1.807, 2.05) is 11.0 Å². The number of carbonyl (C=O) groups excluding carboxylic acids is 1. The predicted molar refractivity (Wildman–Crippen MR) is 95.2 cm³/mol. The lowest BCUT2D eigenvalue weighted by Crippen LogP contribution is -2.39. The van der Waals surface area contributed by atoms with E-state index in [0.717, 1.165) is 25.8 Å². The normalized spacial score (nSPS) is 18.6. The second kappa shape index (κ2) is 7.04. The number of benzene rings is 1. The van der Waals surface area contributed by atoms with Gasteiger partial charge < -0.3 is 9.47 Å². The first-order chi connectivity index (χ1) is 11.6. The number of carbonyl (C=O) groups is 1. The predicted octanol–water partition coefficient (Wildman–Crippen LogP) is 3.18. The summed E-state index contributed by atoms with van der Waals surface area (Å²) in [6.45, 7) is 2.97. The van der Waals surface area contributed by atoms with Crippen LogP contribution < -0.4 is 5.56 Å². The number of amides is 1. The van der Waals surface area contributed by atoms with E-state index in [-0.39, 0.29) is 17.5 Å². The smallest absolute Gasteiger partial charge is 0.255 e. The highest BCUT2D eigenvalue weighted by molar-refractivity contribution is 5.94. The van der Waals surface area contributed by atoms with Crippen LogP contribution in [0.5, 0.6) is 0 Å². The highest BCUT2D eigenvalue weighted by Gasteiger charge is 2.35. The lowest BCUT2D eigenvalue weighted by atomic mass is 9.87. The molecule has 2 atom stereocenters. The van der Waals surface area contributed by atoms with Crippen LogP contribution in [-0.2, 0) is 7.05 Å². The molecule has 1 aromatic heterocycles. The summed E-state index contributed by atoms with van der Waals surface area (Å²) in [7, 11) is 1.68. The summed E-state index contributed by atoms with van der Waals surface area (Å²) < 4.78 is 1.47. The van der Waals surface area contributed by atoms with Crippen molar-refractivity contribution in [1.82, 2.24) is 9.47 Å².